The normalized spacial score (nSPS) is 11.3. The molecule has 0 radical (unpaired) electrons. The van der Waals surface area contributed by atoms with Crippen molar-refractivity contribution in [1.82, 2.24) is 0 Å². The van der Waals surface area contributed by atoms with E-state index in [1.54, 1.807) is 31.4 Å². The zero-order valence-electron chi connectivity index (χ0n) is 12.5. The molecule has 0 unspecified atom stereocenters. The molecule has 0 aliphatic heterocycles. The lowest BCUT2D eigenvalue weighted by molar-refractivity contribution is 0.322. The van der Waals surface area contributed by atoms with Crippen LogP contribution in [0.2, 0.25) is 0 Å². The molecule has 0 fully saturated rings. The fourth-order valence-electron chi connectivity index (χ4n) is 2.39. The second-order valence-electron chi connectivity index (χ2n) is 4.84. The predicted octanol–water partition coefficient (Wildman–Crippen LogP) is 4.06. The molecular formula is C17H14FNO4. The van der Waals surface area contributed by atoms with Gasteiger partial charge in [0.15, 0.2) is 11.6 Å². The van der Waals surface area contributed by atoms with Crippen molar-refractivity contribution >= 4 is 17.2 Å². The summed E-state index contributed by atoms with van der Waals surface area (Å²) in [4.78, 5) is 0. The molecule has 0 aliphatic carbocycles. The predicted molar refractivity (Wildman–Crippen MR) is 84.1 cm³/mol. The van der Waals surface area contributed by atoms with E-state index in [0.717, 1.165) is 5.39 Å². The lowest BCUT2D eigenvalue weighted by atomic mass is 10.1. The number of fused-ring (bicyclic) bond motifs is 1. The number of furan rings is 1. The van der Waals surface area contributed by atoms with Crippen molar-refractivity contribution in [1.29, 1.82) is 0 Å². The van der Waals surface area contributed by atoms with E-state index in [1.165, 1.54) is 25.5 Å². The molecule has 1 N–H and O–H groups in total. The van der Waals surface area contributed by atoms with Crippen molar-refractivity contribution in [3.05, 3.63) is 47.8 Å². The smallest absolute Gasteiger partial charge is 0.165 e. The number of benzene rings is 2. The summed E-state index contributed by atoms with van der Waals surface area (Å²) < 4.78 is 29.8. The van der Waals surface area contributed by atoms with Gasteiger partial charge in [0.25, 0.3) is 0 Å². The minimum absolute atomic E-state index is 0.166. The molecule has 0 aliphatic rings. The highest BCUT2D eigenvalue weighted by molar-refractivity contribution is 5.99. The van der Waals surface area contributed by atoms with Crippen LogP contribution in [0.3, 0.4) is 0 Å². The second-order valence-corrected chi connectivity index (χ2v) is 4.84. The van der Waals surface area contributed by atoms with E-state index in [-0.39, 0.29) is 5.75 Å². The van der Waals surface area contributed by atoms with Gasteiger partial charge >= 0.3 is 0 Å². The summed E-state index contributed by atoms with van der Waals surface area (Å²) in [7, 11) is 2.95. The Hall–Kier alpha value is -3.02. The lowest BCUT2D eigenvalue weighted by Gasteiger charge is -2.03. The quantitative estimate of drug-likeness (QED) is 0.448. The third-order valence-electron chi connectivity index (χ3n) is 3.49. The fourth-order valence-corrected chi connectivity index (χ4v) is 2.39. The van der Waals surface area contributed by atoms with Gasteiger partial charge in [0.2, 0.25) is 0 Å². The first kappa shape index (κ1) is 14.9. The molecular weight excluding hydrogens is 301 g/mol. The van der Waals surface area contributed by atoms with E-state index < -0.39 is 5.82 Å². The molecule has 3 aromatic rings. The summed E-state index contributed by atoms with van der Waals surface area (Å²) in [5, 5.41) is 12.6. The van der Waals surface area contributed by atoms with Crippen molar-refractivity contribution < 1.29 is 23.5 Å². The maximum absolute atomic E-state index is 13.9. The number of nitrogens with zero attached hydrogens (tertiary/aromatic N) is 1. The highest BCUT2D eigenvalue weighted by Crippen LogP contribution is 2.33. The summed E-state index contributed by atoms with van der Waals surface area (Å²) in [5.74, 6) is 0.780. The molecule has 1 heterocycles. The van der Waals surface area contributed by atoms with Gasteiger partial charge in [0.1, 0.15) is 17.1 Å². The van der Waals surface area contributed by atoms with E-state index in [9.17, 15) is 4.39 Å². The van der Waals surface area contributed by atoms with E-state index in [1.807, 2.05) is 0 Å². The van der Waals surface area contributed by atoms with Gasteiger partial charge in [-0.1, -0.05) is 5.16 Å². The fraction of sp³-hybridized carbons (Fsp3) is 0.118. The lowest BCUT2D eigenvalue weighted by Crippen LogP contribution is -1.87. The Bertz CT molecular complexity index is 886. The van der Waals surface area contributed by atoms with Crippen LogP contribution in [-0.4, -0.2) is 25.6 Å². The van der Waals surface area contributed by atoms with E-state index in [4.69, 9.17) is 19.1 Å². The Labute approximate surface area is 131 Å². The SMILES string of the molecule is COc1cc(C=NO)c2oc(-c3ccc(OC)c(F)c3)cc2c1. The molecule has 1 aromatic heterocycles. The molecule has 6 heteroatoms. The molecule has 0 amide bonds. The minimum atomic E-state index is -0.472. The number of ether oxygens (including phenoxy) is 2. The zero-order valence-corrected chi connectivity index (χ0v) is 12.5. The molecule has 118 valence electrons. The molecule has 23 heavy (non-hydrogen) atoms. The Morgan fingerprint density at radius 2 is 1.96 bits per heavy atom. The molecule has 0 bridgehead atoms. The molecule has 2 aromatic carbocycles. The van der Waals surface area contributed by atoms with Crippen LogP contribution < -0.4 is 9.47 Å². The van der Waals surface area contributed by atoms with E-state index >= 15 is 0 Å². The maximum Gasteiger partial charge on any atom is 0.165 e. The minimum Gasteiger partial charge on any atom is -0.497 e. The molecule has 0 saturated carbocycles. The van der Waals surface area contributed by atoms with Gasteiger partial charge in [-0.05, 0) is 36.4 Å². The number of hydrogen-bond acceptors (Lipinski definition) is 5. The van der Waals surface area contributed by atoms with Crippen molar-refractivity contribution in [2.45, 2.75) is 0 Å². The topological polar surface area (TPSA) is 64.2 Å². The number of methoxy groups -OCH3 is 2. The van der Waals surface area contributed by atoms with Crippen LogP contribution in [-0.2, 0) is 0 Å². The van der Waals surface area contributed by atoms with Crippen LogP contribution in [0.1, 0.15) is 5.56 Å². The molecule has 3 rings (SSSR count). The largest absolute Gasteiger partial charge is 0.497 e. The van der Waals surface area contributed by atoms with Crippen LogP contribution in [0.4, 0.5) is 4.39 Å². The van der Waals surface area contributed by atoms with E-state index in [0.29, 0.717) is 28.2 Å². The molecule has 0 saturated heterocycles. The average Bonchev–Trinajstić information content (AvgIpc) is 2.99. The van der Waals surface area contributed by atoms with Crippen LogP contribution in [0.5, 0.6) is 11.5 Å². The van der Waals surface area contributed by atoms with Crippen molar-refractivity contribution in [3.63, 3.8) is 0 Å². The summed E-state index contributed by atoms with van der Waals surface area (Å²) in [6, 6.07) is 9.83. The third kappa shape index (κ3) is 2.70. The first-order valence-electron chi connectivity index (χ1n) is 6.79. The highest BCUT2D eigenvalue weighted by atomic mass is 19.1. The van der Waals surface area contributed by atoms with Crippen LogP contribution >= 0.6 is 0 Å². The van der Waals surface area contributed by atoms with Crippen LogP contribution in [0.15, 0.2) is 46.0 Å². The third-order valence-corrected chi connectivity index (χ3v) is 3.49. The van der Waals surface area contributed by atoms with Gasteiger partial charge in [0, 0.05) is 16.5 Å². The first-order chi connectivity index (χ1) is 11.2. The number of oxime groups is 1. The van der Waals surface area contributed by atoms with Gasteiger partial charge < -0.3 is 19.1 Å². The van der Waals surface area contributed by atoms with Gasteiger partial charge in [-0.15, -0.1) is 0 Å². The molecule has 0 atom stereocenters. The molecule has 0 spiro atoms. The standard InChI is InChI=1S/C17H14FNO4/c1-21-13-5-11-8-16(23-17(11)12(6-13)9-19-20)10-3-4-15(22-2)14(18)7-10/h3-9,20H,1-2H3. The van der Waals surface area contributed by atoms with Gasteiger partial charge in [-0.2, -0.15) is 0 Å². The first-order valence-corrected chi connectivity index (χ1v) is 6.79. The molecule has 5 nitrogen and oxygen atoms in total. The van der Waals surface area contributed by atoms with Crippen molar-refractivity contribution in [2.24, 2.45) is 5.16 Å². The van der Waals surface area contributed by atoms with Gasteiger partial charge in [0.05, 0.1) is 20.4 Å². The number of halogens is 1. The van der Waals surface area contributed by atoms with Crippen molar-refractivity contribution in [3.8, 4) is 22.8 Å². The summed E-state index contributed by atoms with van der Waals surface area (Å²) in [6.07, 6.45) is 1.26. The number of hydrogen-bond donors (Lipinski definition) is 1. The zero-order chi connectivity index (χ0) is 16.4. The van der Waals surface area contributed by atoms with Gasteiger partial charge in [-0.3, -0.25) is 0 Å². The maximum atomic E-state index is 13.9. The summed E-state index contributed by atoms with van der Waals surface area (Å²) >= 11 is 0. The Balaban J connectivity index is 2.16. The Kier molecular flexibility index (Phi) is 3.89. The van der Waals surface area contributed by atoms with Crippen LogP contribution in [0, 0.1) is 5.82 Å². The highest BCUT2D eigenvalue weighted by Gasteiger charge is 2.13. The average molecular weight is 315 g/mol. The Morgan fingerprint density at radius 1 is 1.13 bits per heavy atom. The monoisotopic (exact) mass is 315 g/mol. The number of rotatable bonds is 4. The van der Waals surface area contributed by atoms with Crippen LogP contribution in [0.25, 0.3) is 22.3 Å². The second kappa shape index (κ2) is 6.00. The van der Waals surface area contributed by atoms with Gasteiger partial charge in [-0.25, -0.2) is 4.39 Å². The van der Waals surface area contributed by atoms with Crippen molar-refractivity contribution in [2.75, 3.05) is 14.2 Å². The van der Waals surface area contributed by atoms with E-state index in [2.05, 4.69) is 5.16 Å². The summed E-state index contributed by atoms with van der Waals surface area (Å²) in [5.41, 5.74) is 1.65. The Morgan fingerprint density at radius 3 is 2.61 bits per heavy atom. The summed E-state index contributed by atoms with van der Waals surface area (Å²) in [6.45, 7) is 0.